The second-order valence-electron chi connectivity index (χ2n) is 30.3. The van der Waals surface area contributed by atoms with E-state index in [2.05, 4.69) is 289 Å². The number of halogens is 2. The van der Waals surface area contributed by atoms with E-state index in [4.69, 9.17) is 17.0 Å². The molecule has 0 nitrogen and oxygen atoms in total. The molecule has 0 fully saturated rings. The summed E-state index contributed by atoms with van der Waals surface area (Å²) >= 11 is -0.826. The molecule has 0 saturated heterocycles. The van der Waals surface area contributed by atoms with E-state index in [1.807, 2.05) is 6.07 Å². The van der Waals surface area contributed by atoms with Crippen molar-refractivity contribution in [2.24, 2.45) is 0 Å². The zero-order valence-corrected chi connectivity index (χ0v) is 61.4. The fourth-order valence-corrected chi connectivity index (χ4v) is 16.6. The Bertz CT molecular complexity index is 3100. The zero-order valence-electron chi connectivity index (χ0n) is 52.4. The third kappa shape index (κ3) is 15.4. The van der Waals surface area contributed by atoms with Crippen molar-refractivity contribution in [1.82, 2.24) is 0 Å². The molecule has 1 aliphatic heterocycles. The summed E-state index contributed by atoms with van der Waals surface area (Å²) in [6.07, 6.45) is 0. The third-order valence-corrected chi connectivity index (χ3v) is 24.8. The van der Waals surface area contributed by atoms with Crippen LogP contribution >= 0.6 is 17.0 Å². The van der Waals surface area contributed by atoms with Crippen LogP contribution in [0.3, 0.4) is 0 Å². The van der Waals surface area contributed by atoms with E-state index in [-0.39, 0.29) is 21.7 Å². The van der Waals surface area contributed by atoms with E-state index in [0.717, 1.165) is 9.52 Å². The molecule has 0 atom stereocenters. The van der Waals surface area contributed by atoms with Gasteiger partial charge in [0.2, 0.25) is 0 Å². The van der Waals surface area contributed by atoms with Crippen molar-refractivity contribution < 1.29 is 20.8 Å². The van der Waals surface area contributed by atoms with Crippen molar-refractivity contribution in [3.05, 3.63) is 156 Å². The van der Waals surface area contributed by atoms with E-state index in [0.29, 0.717) is 0 Å². The molecule has 8 heteroatoms. The van der Waals surface area contributed by atoms with Crippen LogP contribution in [0.15, 0.2) is 127 Å². The van der Waals surface area contributed by atoms with Gasteiger partial charge in [0.25, 0.3) is 0 Å². The first kappa shape index (κ1) is 64.3. The zero-order chi connectivity index (χ0) is 58.5. The van der Waals surface area contributed by atoms with Crippen LogP contribution < -0.4 is 31.1 Å². The molecule has 8 aromatic rings. The van der Waals surface area contributed by atoms with E-state index < -0.39 is 53.1 Å². The molecule has 0 aliphatic carbocycles. The molecule has 0 spiro atoms. The minimum absolute atomic E-state index is 0.0944. The maximum Gasteiger partial charge on any atom is 0.0920 e. The number of rotatable bonds is 6. The monoisotopic (exact) mass is 1230 g/mol. The van der Waals surface area contributed by atoms with Crippen LogP contribution in [-0.2, 0) is 42.5 Å². The summed E-state index contributed by atoms with van der Waals surface area (Å²) < 4.78 is 0. The van der Waals surface area contributed by atoms with E-state index in [1.165, 1.54) is 87.6 Å². The van der Waals surface area contributed by atoms with Gasteiger partial charge in [-0.05, 0) is 32.8 Å². The van der Waals surface area contributed by atoms with Gasteiger partial charge < -0.3 is 0 Å². The third-order valence-electron chi connectivity index (χ3n) is 15.4. The second kappa shape index (κ2) is 23.7. The fourth-order valence-electron chi connectivity index (χ4n) is 10.3. The summed E-state index contributed by atoms with van der Waals surface area (Å²) in [5, 5.41) is 14.8. The molecule has 2 radical (unpaired) electrons. The number of benzene rings is 6. The van der Waals surface area contributed by atoms with Crippen LogP contribution in [0, 0.1) is 6.07 Å². The van der Waals surface area contributed by atoms with Crippen molar-refractivity contribution in [2.75, 3.05) is 0 Å². The predicted molar refractivity (Wildman–Crippen MR) is 364 cm³/mol. The van der Waals surface area contributed by atoms with Crippen LogP contribution in [0.5, 0.6) is 0 Å². The number of fused-ring (bicyclic) bond motifs is 5. The smallest absolute Gasteiger partial charge is 0.0920 e. The molecule has 0 aromatic heterocycles. The Kier molecular flexibility index (Phi) is 19.6. The fraction of sp³-hybridized carbons (Fsp3) is 0.400. The maximum absolute atomic E-state index is 4.93. The largest absolute Gasteiger partial charge is 0.184 e. The van der Waals surface area contributed by atoms with Crippen LogP contribution in [0.25, 0.3) is 54.9 Å². The molecule has 1 heterocycles. The summed E-state index contributed by atoms with van der Waals surface area (Å²) in [5.41, 5.74) is 14.8. The van der Waals surface area contributed by atoms with Gasteiger partial charge in [-0.2, -0.15) is 41.6 Å². The average Bonchev–Trinajstić information content (AvgIpc) is 4.07. The molecule has 0 bridgehead atoms. The van der Waals surface area contributed by atoms with Crippen molar-refractivity contribution in [3.63, 3.8) is 0 Å². The van der Waals surface area contributed by atoms with E-state index in [1.54, 1.807) is 20.7 Å². The SMILES string of the molecule is CC(C)(C)c1cc2c(-c3cc([Si](C)(C)C)cc([Si](C)(C)C)c3)c(C(C)(C)C)ccc2[cH-]1.CC(C)(C)c1cc2c(-c3cc([Si](C)(C)C)cc([Si](C)(C)C)c3)c(C(C)(C)C)ccc2[cH-]1.[Cl][Zr][Cl].[c-]1cccc2c1[Si]c1ccccc1-2. The van der Waals surface area contributed by atoms with Gasteiger partial charge in [0, 0.05) is 0 Å². The van der Waals surface area contributed by atoms with Gasteiger partial charge in [-0.25, -0.2) is 0 Å². The Morgan fingerprint density at radius 3 is 1.10 bits per heavy atom. The van der Waals surface area contributed by atoms with Crippen molar-refractivity contribution in [1.29, 1.82) is 0 Å². The number of hydrogen-bond donors (Lipinski definition) is 0. The van der Waals surface area contributed by atoms with Crippen LogP contribution in [0.2, 0.25) is 78.6 Å². The molecule has 0 amide bonds. The Hall–Kier alpha value is -2.91. The summed E-state index contributed by atoms with van der Waals surface area (Å²) in [4.78, 5) is 0. The topological polar surface area (TPSA) is 0 Å². The van der Waals surface area contributed by atoms with Gasteiger partial charge >= 0.3 is 37.9 Å². The number of hydrogen-bond acceptors (Lipinski definition) is 0. The normalized spacial score (nSPS) is 13.2. The molecule has 0 unspecified atom stereocenters. The van der Waals surface area contributed by atoms with Crippen molar-refractivity contribution in [2.45, 2.75) is 183 Å². The first-order chi connectivity index (χ1) is 35.6. The van der Waals surface area contributed by atoms with E-state index in [9.17, 15) is 0 Å². The quantitative estimate of drug-likeness (QED) is 0.115. The van der Waals surface area contributed by atoms with Crippen LogP contribution in [0.1, 0.15) is 105 Å². The average molecular weight is 1240 g/mol. The first-order valence-electron chi connectivity index (χ1n) is 28.3. The summed E-state index contributed by atoms with van der Waals surface area (Å²) in [6, 6.07) is 52.6. The standard InChI is InChI=1S/2C29H43Si2.C12H7Si.2ClH.Zr/c2*1-28(2,3)22-15-20-13-14-26(29(4,5)6)27(25(20)18-22)21-16-23(30(7,8)9)19-24(17-21)31(10,11)12;1-3-7-11-9(5-1)10-6-2-4-8-12(10)13-11;;;/h2*13-19H,1-12H3;1-7H;2*1H;/q3*-1;;;+2/p-2. The Labute approximate surface area is 500 Å². The molecule has 1 aliphatic rings. The van der Waals surface area contributed by atoms with Gasteiger partial charge in [-0.1, -0.05) is 276 Å². The van der Waals surface area contributed by atoms with Gasteiger partial charge in [0.1, 0.15) is 0 Å². The van der Waals surface area contributed by atoms with Gasteiger partial charge in [0.15, 0.2) is 0 Å². The van der Waals surface area contributed by atoms with Crippen molar-refractivity contribution >= 4 is 112 Å². The van der Waals surface area contributed by atoms with Gasteiger partial charge in [0.05, 0.1) is 41.8 Å². The van der Waals surface area contributed by atoms with Gasteiger partial charge in [-0.3, -0.25) is 0 Å². The maximum atomic E-state index is 4.93. The molecule has 414 valence electrons. The minimum atomic E-state index is -1.44. The molecule has 78 heavy (non-hydrogen) atoms. The van der Waals surface area contributed by atoms with Gasteiger partial charge in [-0.15, -0.1) is 74.6 Å². The molecular weight excluding hydrogens is 1140 g/mol. The van der Waals surface area contributed by atoms with Crippen LogP contribution in [0.4, 0.5) is 0 Å². The summed E-state index contributed by atoms with van der Waals surface area (Å²) in [7, 11) is 4.90. The molecule has 9 rings (SSSR count). The first-order valence-corrected chi connectivity index (χ1v) is 49.6. The Morgan fingerprint density at radius 1 is 0.423 bits per heavy atom. The summed E-state index contributed by atoms with van der Waals surface area (Å²) in [5.74, 6) is 0. The van der Waals surface area contributed by atoms with Crippen molar-refractivity contribution in [3.8, 4) is 33.4 Å². The molecule has 0 N–H and O–H groups in total. The molecule has 0 saturated carbocycles. The minimum Gasteiger partial charge on any atom is -0.184 e. The Balaban J connectivity index is 0.000000197. The summed E-state index contributed by atoms with van der Waals surface area (Å²) in [6.45, 7) is 57.8. The molecule has 8 aromatic carbocycles. The molecular formula is C70H93Cl2Si5Zr-3. The Morgan fingerprint density at radius 2 is 0.769 bits per heavy atom. The second-order valence-corrected chi connectivity index (χ2v) is 55.6. The van der Waals surface area contributed by atoms with Crippen LogP contribution in [-0.4, -0.2) is 41.8 Å². The predicted octanol–water partition coefficient (Wildman–Crippen LogP) is 18.3. The van der Waals surface area contributed by atoms with E-state index >= 15 is 0 Å².